The molecule has 1 aromatic rings. The lowest BCUT2D eigenvalue weighted by Crippen LogP contribution is -2.44. The number of halogens is 1. The molecule has 1 aliphatic carbocycles. The van der Waals surface area contributed by atoms with Crippen LogP contribution in [-0.2, 0) is 43.2 Å². The molecule has 0 saturated carbocycles. The van der Waals surface area contributed by atoms with Crippen molar-refractivity contribution in [3.05, 3.63) is 34.3 Å². The number of hydrogen-bond acceptors (Lipinski definition) is 9. The van der Waals surface area contributed by atoms with E-state index in [4.69, 9.17) is 34.4 Å². The number of esters is 1. The van der Waals surface area contributed by atoms with Crippen molar-refractivity contribution in [2.24, 2.45) is 5.41 Å². The van der Waals surface area contributed by atoms with Crippen LogP contribution < -0.4 is 0 Å². The van der Waals surface area contributed by atoms with Crippen LogP contribution in [0, 0.1) is 5.41 Å². The van der Waals surface area contributed by atoms with E-state index in [9.17, 15) is 18.7 Å². The van der Waals surface area contributed by atoms with Gasteiger partial charge in [0.1, 0.15) is 11.0 Å². The molecule has 0 aliphatic heterocycles. The van der Waals surface area contributed by atoms with Crippen molar-refractivity contribution >= 4 is 38.5 Å². The van der Waals surface area contributed by atoms with Crippen LogP contribution in [0.25, 0.3) is 0 Å². The van der Waals surface area contributed by atoms with Crippen LogP contribution in [0.15, 0.2) is 18.2 Å². The van der Waals surface area contributed by atoms with Crippen LogP contribution in [0.5, 0.6) is 0 Å². The summed E-state index contributed by atoms with van der Waals surface area (Å²) in [7, 11) is -8.45. The summed E-state index contributed by atoms with van der Waals surface area (Å²) >= 11 is 6.17. The Morgan fingerprint density at radius 2 is 1.44 bits per heavy atom. The summed E-state index contributed by atoms with van der Waals surface area (Å²) in [6.45, 7) is 11.3. The molecular weight excluding hydrogens is 530 g/mol. The predicted molar refractivity (Wildman–Crippen MR) is 138 cm³/mol. The van der Waals surface area contributed by atoms with Gasteiger partial charge in [-0.25, -0.2) is 0 Å². The second kappa shape index (κ2) is 12.2. The van der Waals surface area contributed by atoms with Crippen molar-refractivity contribution < 1.29 is 41.6 Å². The van der Waals surface area contributed by atoms with Crippen molar-refractivity contribution in [2.75, 3.05) is 26.4 Å². The lowest BCUT2D eigenvalue weighted by atomic mass is 9.80. The van der Waals surface area contributed by atoms with E-state index in [1.165, 1.54) is 6.07 Å². The van der Waals surface area contributed by atoms with E-state index in [2.05, 4.69) is 0 Å². The zero-order chi connectivity index (χ0) is 27.4. The molecule has 2 rings (SSSR count). The van der Waals surface area contributed by atoms with Crippen LogP contribution >= 0.6 is 26.8 Å². The van der Waals surface area contributed by atoms with Crippen molar-refractivity contribution in [2.45, 2.75) is 72.3 Å². The van der Waals surface area contributed by atoms with E-state index in [1.54, 1.807) is 60.6 Å². The Kier molecular flexibility index (Phi) is 10.6. The highest BCUT2D eigenvalue weighted by molar-refractivity contribution is 7.72. The molecule has 0 amide bonds. The second-order valence-electron chi connectivity index (χ2n) is 9.33. The van der Waals surface area contributed by atoms with E-state index in [-0.39, 0.29) is 38.4 Å². The molecule has 9 nitrogen and oxygen atoms in total. The molecule has 12 heteroatoms. The van der Waals surface area contributed by atoms with Gasteiger partial charge in [0.2, 0.25) is 0 Å². The maximum absolute atomic E-state index is 14.1. The first-order valence-electron chi connectivity index (χ1n) is 12.1. The second-order valence-corrected chi connectivity index (χ2v) is 14.6. The molecule has 1 aliphatic rings. The molecule has 0 radical (unpaired) electrons. The number of ether oxygens (including phenoxy) is 1. The Balaban J connectivity index is 2.78. The smallest absolute Gasteiger partial charge is 0.345 e. The molecule has 1 unspecified atom stereocenters. The first-order chi connectivity index (χ1) is 16.7. The number of carbonyl (C=O) groups is 2. The number of benzene rings is 1. The molecule has 36 heavy (non-hydrogen) atoms. The Bertz CT molecular complexity index is 1000. The molecule has 0 bridgehead atoms. The Labute approximate surface area is 218 Å². The third kappa shape index (κ3) is 6.68. The first-order valence-corrected chi connectivity index (χ1v) is 15.7. The van der Waals surface area contributed by atoms with Crippen molar-refractivity contribution in [1.29, 1.82) is 0 Å². The van der Waals surface area contributed by atoms with Gasteiger partial charge in [0, 0.05) is 10.6 Å². The topological polar surface area (TPSA) is 114 Å². The molecule has 0 fully saturated rings. The Morgan fingerprint density at radius 3 is 1.86 bits per heavy atom. The zero-order valence-corrected chi connectivity index (χ0v) is 24.5. The maximum atomic E-state index is 14.1. The third-order valence-electron chi connectivity index (χ3n) is 5.53. The average Bonchev–Trinajstić information content (AvgIpc) is 3.03. The van der Waals surface area contributed by atoms with Crippen LogP contribution in [-0.4, -0.2) is 49.2 Å². The molecule has 1 aromatic carbocycles. The third-order valence-corrected chi connectivity index (χ3v) is 11.8. The van der Waals surface area contributed by atoms with Crippen LogP contribution in [0.1, 0.15) is 70.8 Å². The fourth-order valence-electron chi connectivity index (χ4n) is 4.23. The lowest BCUT2D eigenvalue weighted by Gasteiger charge is -2.37. The largest absolute Gasteiger partial charge is 0.459 e. The van der Waals surface area contributed by atoms with Crippen LogP contribution in [0.3, 0.4) is 0 Å². The summed E-state index contributed by atoms with van der Waals surface area (Å²) in [6, 6.07) is 4.69. The molecule has 0 aromatic heterocycles. The van der Waals surface area contributed by atoms with E-state index in [0.717, 1.165) is 0 Å². The number of rotatable bonds is 13. The fraction of sp³-hybridized carbons (Fsp3) is 0.667. The van der Waals surface area contributed by atoms with Crippen molar-refractivity contribution in [1.82, 2.24) is 0 Å². The number of fused-ring (bicyclic) bond motifs is 1. The highest BCUT2D eigenvalue weighted by Crippen LogP contribution is 2.73. The summed E-state index contributed by atoms with van der Waals surface area (Å²) in [4.78, 5) is 27.6. The quantitative estimate of drug-likeness (QED) is 0.147. The standard InChI is InChI=1S/C24H37ClO9P2/c1-8-30-35(28,31-9-2)20(36(29,32-10-3)33-11-4)16-24(22(27)34-23(5,6)7)15-17-14-18(25)12-13-19(17)21(24)26/h12-14,20H,8-11,15-16H2,1-7H3. The minimum atomic E-state index is -4.23. The SMILES string of the molecule is CCOP(=O)(OCC)C(CC1(C(=O)OC(C)(C)C)Cc2cc(Cl)ccc2C1=O)P(=O)(OCC)OCC. The van der Waals surface area contributed by atoms with Crippen LogP contribution in [0.2, 0.25) is 5.02 Å². The van der Waals surface area contributed by atoms with E-state index in [1.807, 2.05) is 0 Å². The number of ketones is 1. The van der Waals surface area contributed by atoms with Gasteiger partial charge >= 0.3 is 21.2 Å². The molecule has 0 N–H and O–H groups in total. The Hall–Kier alpha value is -1.05. The monoisotopic (exact) mass is 566 g/mol. The van der Waals surface area contributed by atoms with Gasteiger partial charge in [0.25, 0.3) is 0 Å². The average molecular weight is 567 g/mol. The number of hydrogen-bond donors (Lipinski definition) is 0. The van der Waals surface area contributed by atoms with Gasteiger partial charge in [-0.05, 0) is 85.1 Å². The lowest BCUT2D eigenvalue weighted by molar-refractivity contribution is -0.164. The summed E-state index contributed by atoms with van der Waals surface area (Å²) in [5.74, 6) is -1.39. The molecule has 1 atom stereocenters. The van der Waals surface area contributed by atoms with Gasteiger partial charge in [-0.2, -0.15) is 0 Å². The molecule has 204 valence electrons. The Morgan fingerprint density at radius 1 is 0.972 bits per heavy atom. The minimum absolute atomic E-state index is 0.0325. The maximum Gasteiger partial charge on any atom is 0.345 e. The highest BCUT2D eigenvalue weighted by atomic mass is 35.5. The summed E-state index contributed by atoms with van der Waals surface area (Å²) < 4.78 is 56.1. The van der Waals surface area contributed by atoms with Gasteiger partial charge in [0.05, 0.1) is 26.4 Å². The molecule has 0 saturated heterocycles. The zero-order valence-electron chi connectivity index (χ0n) is 22.0. The number of Topliss-reactive ketones (excluding diaryl/α,β-unsaturated/α-hetero) is 1. The minimum Gasteiger partial charge on any atom is -0.459 e. The van der Waals surface area contributed by atoms with E-state index >= 15 is 0 Å². The predicted octanol–water partition coefficient (Wildman–Crippen LogP) is 6.66. The number of carbonyl (C=O) groups excluding carboxylic acids is 2. The van der Waals surface area contributed by atoms with Gasteiger partial charge < -0.3 is 22.8 Å². The van der Waals surface area contributed by atoms with E-state index in [0.29, 0.717) is 10.6 Å². The highest BCUT2D eigenvalue weighted by Gasteiger charge is 2.61. The fourth-order valence-corrected chi connectivity index (χ4v) is 9.96. The summed E-state index contributed by atoms with van der Waals surface area (Å²) in [6.07, 6.45) is -0.592. The first kappa shape index (κ1) is 31.2. The van der Waals surface area contributed by atoms with Gasteiger partial charge in [-0.3, -0.25) is 18.7 Å². The van der Waals surface area contributed by atoms with Gasteiger partial charge in [0.15, 0.2) is 11.2 Å². The summed E-state index contributed by atoms with van der Waals surface area (Å²) in [5, 5.41) is -1.17. The van der Waals surface area contributed by atoms with Gasteiger partial charge in [-0.1, -0.05) is 11.6 Å². The molecular formula is C24H37ClO9P2. The van der Waals surface area contributed by atoms with Crippen LogP contribution in [0.4, 0.5) is 0 Å². The normalized spacial score (nSPS) is 18.5. The molecule has 0 spiro atoms. The van der Waals surface area contributed by atoms with Crippen molar-refractivity contribution in [3.63, 3.8) is 0 Å². The van der Waals surface area contributed by atoms with Gasteiger partial charge in [-0.15, -0.1) is 0 Å². The van der Waals surface area contributed by atoms with E-state index < -0.39 is 49.8 Å². The van der Waals surface area contributed by atoms with Crippen molar-refractivity contribution in [3.8, 4) is 0 Å². The summed E-state index contributed by atoms with van der Waals surface area (Å²) in [5.41, 5.74) is -1.99. The molecule has 0 heterocycles.